The summed E-state index contributed by atoms with van der Waals surface area (Å²) >= 11 is 0. The Labute approximate surface area is 108 Å². The Morgan fingerprint density at radius 3 is 2.17 bits per heavy atom. The van der Waals surface area contributed by atoms with Gasteiger partial charge >= 0.3 is 5.97 Å². The number of carbonyl (C=O) groups is 1. The maximum absolute atomic E-state index is 10.6. The summed E-state index contributed by atoms with van der Waals surface area (Å²) < 4.78 is 0. The Kier molecular flexibility index (Phi) is 4.52. The summed E-state index contributed by atoms with van der Waals surface area (Å²) in [5, 5.41) is 18.7. The molecule has 0 radical (unpaired) electrons. The van der Waals surface area contributed by atoms with Crippen LogP contribution in [0, 0.1) is 20.8 Å². The van der Waals surface area contributed by atoms with Crippen molar-refractivity contribution in [3.05, 3.63) is 34.4 Å². The molecule has 3 nitrogen and oxygen atoms in total. The third-order valence-corrected chi connectivity index (χ3v) is 3.29. The molecule has 0 aliphatic rings. The van der Waals surface area contributed by atoms with Crippen LogP contribution < -0.4 is 0 Å². The number of hydrogen-bond acceptors (Lipinski definition) is 2. The Hall–Kier alpha value is -1.35. The van der Waals surface area contributed by atoms with E-state index in [2.05, 4.69) is 32.9 Å². The lowest BCUT2D eigenvalue weighted by Crippen LogP contribution is -2.28. The van der Waals surface area contributed by atoms with Crippen LogP contribution in [0.25, 0.3) is 0 Å². The molecule has 0 saturated heterocycles. The Balaban J connectivity index is 2.78. The first-order chi connectivity index (χ1) is 8.21. The zero-order chi connectivity index (χ0) is 13.9. The first-order valence-electron chi connectivity index (χ1n) is 6.22. The third-order valence-electron chi connectivity index (χ3n) is 3.29. The summed E-state index contributed by atoms with van der Waals surface area (Å²) in [6.45, 7) is 7.76. The maximum Gasteiger partial charge on any atom is 0.306 e. The average molecular weight is 250 g/mol. The van der Waals surface area contributed by atoms with Crippen LogP contribution in [0.15, 0.2) is 12.1 Å². The third kappa shape index (κ3) is 4.15. The van der Waals surface area contributed by atoms with Crippen molar-refractivity contribution in [1.29, 1.82) is 0 Å². The molecule has 18 heavy (non-hydrogen) atoms. The number of benzene rings is 1. The van der Waals surface area contributed by atoms with Crippen molar-refractivity contribution < 1.29 is 15.0 Å². The molecule has 0 fully saturated rings. The van der Waals surface area contributed by atoms with Gasteiger partial charge in [-0.15, -0.1) is 0 Å². The van der Waals surface area contributed by atoms with E-state index >= 15 is 0 Å². The van der Waals surface area contributed by atoms with Gasteiger partial charge in [0.15, 0.2) is 0 Å². The van der Waals surface area contributed by atoms with E-state index in [1.54, 1.807) is 6.92 Å². The summed E-state index contributed by atoms with van der Waals surface area (Å²) in [5.41, 5.74) is 3.71. The van der Waals surface area contributed by atoms with Gasteiger partial charge in [-0.25, -0.2) is 0 Å². The van der Waals surface area contributed by atoms with Crippen LogP contribution in [-0.4, -0.2) is 21.8 Å². The van der Waals surface area contributed by atoms with Gasteiger partial charge in [-0.05, 0) is 57.2 Å². The molecule has 0 aromatic heterocycles. The van der Waals surface area contributed by atoms with E-state index in [0.717, 1.165) is 0 Å². The summed E-state index contributed by atoms with van der Waals surface area (Å²) in [7, 11) is 0. The maximum atomic E-state index is 10.6. The summed E-state index contributed by atoms with van der Waals surface area (Å²) in [6.07, 6.45) is 0.958. The molecule has 100 valence electrons. The minimum absolute atomic E-state index is 0.211. The lowest BCUT2D eigenvalue weighted by Gasteiger charge is -2.22. The van der Waals surface area contributed by atoms with Crippen molar-refractivity contribution in [2.45, 2.75) is 52.6 Å². The molecular formula is C15H22O3. The summed E-state index contributed by atoms with van der Waals surface area (Å²) in [5.74, 6) is -0.961. The van der Waals surface area contributed by atoms with Crippen LogP contribution >= 0.6 is 0 Å². The lowest BCUT2D eigenvalue weighted by molar-refractivity contribution is -0.142. The molecule has 1 unspecified atom stereocenters. The Morgan fingerprint density at radius 1 is 1.22 bits per heavy atom. The smallest absolute Gasteiger partial charge is 0.306 e. The molecule has 0 spiro atoms. The predicted octanol–water partition coefficient (Wildman–Crippen LogP) is 2.77. The standard InChI is InChI=1S/C15H22O3/c1-10-7-11(2)13(12(3)8-10)5-6-15(4,18)9-14(16)17/h7-8,18H,5-6,9H2,1-4H3,(H,16,17). The molecule has 1 rings (SSSR count). The molecular weight excluding hydrogens is 228 g/mol. The summed E-state index contributed by atoms with van der Waals surface area (Å²) in [6, 6.07) is 4.24. The van der Waals surface area contributed by atoms with Gasteiger partial charge in [0.05, 0.1) is 12.0 Å². The number of rotatable bonds is 5. The van der Waals surface area contributed by atoms with Crippen molar-refractivity contribution in [2.75, 3.05) is 0 Å². The normalized spacial score (nSPS) is 14.3. The highest BCUT2D eigenvalue weighted by atomic mass is 16.4. The van der Waals surface area contributed by atoms with E-state index in [9.17, 15) is 9.90 Å². The predicted molar refractivity (Wildman–Crippen MR) is 71.9 cm³/mol. The molecule has 0 bridgehead atoms. The Bertz CT molecular complexity index is 424. The van der Waals surface area contributed by atoms with Crippen LogP contribution in [0.2, 0.25) is 0 Å². The number of carboxylic acid groups (broad SMARTS) is 1. The molecule has 0 saturated carbocycles. The second kappa shape index (κ2) is 5.53. The van der Waals surface area contributed by atoms with Gasteiger partial charge in [0.25, 0.3) is 0 Å². The van der Waals surface area contributed by atoms with Crippen molar-refractivity contribution in [1.82, 2.24) is 0 Å². The van der Waals surface area contributed by atoms with Gasteiger partial charge in [-0.1, -0.05) is 17.7 Å². The number of aliphatic hydroxyl groups is 1. The highest BCUT2D eigenvalue weighted by Crippen LogP contribution is 2.23. The molecule has 2 N–H and O–H groups in total. The zero-order valence-corrected chi connectivity index (χ0v) is 11.6. The van der Waals surface area contributed by atoms with Crippen LogP contribution in [0.4, 0.5) is 0 Å². The van der Waals surface area contributed by atoms with Gasteiger partial charge in [0.1, 0.15) is 0 Å². The second-order valence-electron chi connectivity index (χ2n) is 5.44. The number of aliphatic carboxylic acids is 1. The molecule has 0 aliphatic carbocycles. The highest BCUT2D eigenvalue weighted by molar-refractivity contribution is 5.68. The fourth-order valence-electron chi connectivity index (χ4n) is 2.41. The lowest BCUT2D eigenvalue weighted by atomic mass is 9.89. The van der Waals surface area contributed by atoms with Crippen LogP contribution in [0.5, 0.6) is 0 Å². The fourth-order valence-corrected chi connectivity index (χ4v) is 2.41. The van der Waals surface area contributed by atoms with Crippen LogP contribution in [0.1, 0.15) is 42.0 Å². The molecule has 1 aromatic rings. The van der Waals surface area contributed by atoms with Crippen molar-refractivity contribution in [2.24, 2.45) is 0 Å². The molecule has 3 heteroatoms. The molecule has 0 heterocycles. The first kappa shape index (κ1) is 14.7. The van der Waals surface area contributed by atoms with Crippen LogP contribution in [-0.2, 0) is 11.2 Å². The Morgan fingerprint density at radius 2 is 1.72 bits per heavy atom. The van der Waals surface area contributed by atoms with Gasteiger partial charge in [0.2, 0.25) is 0 Å². The molecule has 1 atom stereocenters. The molecule has 0 aliphatic heterocycles. The number of hydrogen-bond donors (Lipinski definition) is 2. The number of carboxylic acids is 1. The zero-order valence-electron chi connectivity index (χ0n) is 11.6. The average Bonchev–Trinajstić information content (AvgIpc) is 2.12. The quantitative estimate of drug-likeness (QED) is 0.844. The van der Waals surface area contributed by atoms with E-state index < -0.39 is 11.6 Å². The molecule has 1 aromatic carbocycles. The van der Waals surface area contributed by atoms with Gasteiger partial charge < -0.3 is 10.2 Å². The van der Waals surface area contributed by atoms with Gasteiger partial charge in [-0.3, -0.25) is 4.79 Å². The van der Waals surface area contributed by atoms with Crippen LogP contribution in [0.3, 0.4) is 0 Å². The van der Waals surface area contributed by atoms with Crippen molar-refractivity contribution in [3.8, 4) is 0 Å². The minimum Gasteiger partial charge on any atom is -0.481 e. The second-order valence-corrected chi connectivity index (χ2v) is 5.44. The molecule has 0 amide bonds. The minimum atomic E-state index is -1.14. The highest BCUT2D eigenvalue weighted by Gasteiger charge is 2.24. The summed E-state index contributed by atoms with van der Waals surface area (Å²) in [4.78, 5) is 10.6. The topological polar surface area (TPSA) is 57.5 Å². The SMILES string of the molecule is Cc1cc(C)c(CCC(C)(O)CC(=O)O)c(C)c1. The largest absolute Gasteiger partial charge is 0.481 e. The van der Waals surface area contributed by atoms with E-state index in [1.165, 1.54) is 22.3 Å². The first-order valence-corrected chi connectivity index (χ1v) is 6.22. The van der Waals surface area contributed by atoms with Crippen molar-refractivity contribution in [3.63, 3.8) is 0 Å². The van der Waals surface area contributed by atoms with Gasteiger partial charge in [0, 0.05) is 0 Å². The van der Waals surface area contributed by atoms with Gasteiger partial charge in [-0.2, -0.15) is 0 Å². The van der Waals surface area contributed by atoms with E-state index in [0.29, 0.717) is 12.8 Å². The van der Waals surface area contributed by atoms with E-state index in [1.807, 2.05) is 0 Å². The number of aryl methyl sites for hydroxylation is 3. The monoisotopic (exact) mass is 250 g/mol. The fraction of sp³-hybridized carbons (Fsp3) is 0.533. The van der Waals surface area contributed by atoms with E-state index in [-0.39, 0.29) is 6.42 Å². The van der Waals surface area contributed by atoms with Crippen molar-refractivity contribution >= 4 is 5.97 Å². The van der Waals surface area contributed by atoms with E-state index in [4.69, 9.17) is 5.11 Å².